The molecular weight excluding hydrogens is 316 g/mol. The predicted octanol–water partition coefficient (Wildman–Crippen LogP) is 3.40. The lowest BCUT2D eigenvalue weighted by molar-refractivity contribution is -0.384. The number of hydrogen-bond acceptors (Lipinski definition) is 5. The van der Waals surface area contributed by atoms with Crippen molar-refractivity contribution < 1.29 is 9.72 Å². The summed E-state index contributed by atoms with van der Waals surface area (Å²) in [5.41, 5.74) is 1.93. The molecule has 1 aromatic carbocycles. The van der Waals surface area contributed by atoms with E-state index in [4.69, 9.17) is 0 Å². The molecule has 2 aromatic heterocycles. The second-order valence-electron chi connectivity index (χ2n) is 4.82. The zero-order chi connectivity index (χ0) is 16.4. The fourth-order valence-electron chi connectivity index (χ4n) is 2.08. The Morgan fingerprint density at radius 1 is 1.30 bits per heavy atom. The van der Waals surface area contributed by atoms with Gasteiger partial charge in [-0.05, 0) is 30.5 Å². The molecule has 0 aliphatic heterocycles. The number of non-ortho nitro benzene ring substituents is 1. The van der Waals surface area contributed by atoms with Gasteiger partial charge in [0.05, 0.1) is 21.9 Å². The number of hydrogen-bond donors (Lipinski definition) is 1. The quantitative estimate of drug-likeness (QED) is 0.587. The van der Waals surface area contributed by atoms with Gasteiger partial charge in [-0.1, -0.05) is 0 Å². The van der Waals surface area contributed by atoms with Crippen molar-refractivity contribution in [2.24, 2.45) is 0 Å². The number of aromatic nitrogens is 2. The van der Waals surface area contributed by atoms with Crippen LogP contribution in [0.5, 0.6) is 0 Å². The molecule has 23 heavy (non-hydrogen) atoms. The van der Waals surface area contributed by atoms with Gasteiger partial charge in [0, 0.05) is 23.6 Å². The maximum Gasteiger partial charge on any atom is 0.269 e. The highest BCUT2D eigenvalue weighted by Gasteiger charge is 2.13. The molecule has 0 unspecified atom stereocenters. The Kier molecular flexibility index (Phi) is 3.90. The standard InChI is InChI=1S/C15H12N4O3S/c1-10-8-14(16-15(20)11-6-7-23-9-11)18(17-10)12-2-4-13(5-3-12)19(21)22/h2-9H,1H3,(H,16,20). The third-order valence-corrected chi connectivity index (χ3v) is 3.84. The van der Waals surface area contributed by atoms with E-state index in [1.54, 1.807) is 34.3 Å². The lowest BCUT2D eigenvalue weighted by Gasteiger charge is -2.08. The van der Waals surface area contributed by atoms with Gasteiger partial charge in [-0.3, -0.25) is 14.9 Å². The average molecular weight is 328 g/mol. The number of amides is 1. The van der Waals surface area contributed by atoms with Crippen molar-refractivity contribution in [1.29, 1.82) is 0 Å². The Labute approximate surface area is 135 Å². The van der Waals surface area contributed by atoms with Gasteiger partial charge in [-0.25, -0.2) is 4.68 Å². The lowest BCUT2D eigenvalue weighted by atomic mass is 10.3. The number of anilines is 1. The van der Waals surface area contributed by atoms with Crippen LogP contribution in [0.4, 0.5) is 11.5 Å². The molecule has 0 saturated carbocycles. The van der Waals surface area contributed by atoms with Crippen LogP contribution < -0.4 is 5.32 Å². The third-order valence-electron chi connectivity index (χ3n) is 3.16. The molecule has 0 bridgehead atoms. The summed E-state index contributed by atoms with van der Waals surface area (Å²) in [6.07, 6.45) is 0. The molecule has 1 N–H and O–H groups in total. The molecule has 0 saturated heterocycles. The molecule has 0 radical (unpaired) electrons. The van der Waals surface area contributed by atoms with Crippen LogP contribution in [0.25, 0.3) is 5.69 Å². The molecule has 0 fully saturated rings. The van der Waals surface area contributed by atoms with Crippen LogP contribution >= 0.6 is 11.3 Å². The molecule has 7 nitrogen and oxygen atoms in total. The largest absolute Gasteiger partial charge is 0.306 e. The van der Waals surface area contributed by atoms with E-state index < -0.39 is 4.92 Å². The average Bonchev–Trinajstić information content (AvgIpc) is 3.17. The number of rotatable bonds is 4. The Morgan fingerprint density at radius 3 is 2.65 bits per heavy atom. The number of nitro benzene ring substituents is 1. The van der Waals surface area contributed by atoms with Crippen LogP contribution in [0, 0.1) is 17.0 Å². The monoisotopic (exact) mass is 328 g/mol. The number of nitro groups is 1. The zero-order valence-electron chi connectivity index (χ0n) is 12.1. The first-order valence-electron chi connectivity index (χ1n) is 6.69. The van der Waals surface area contributed by atoms with Crippen molar-refractivity contribution in [3.8, 4) is 5.69 Å². The highest BCUT2D eigenvalue weighted by atomic mass is 32.1. The first-order valence-corrected chi connectivity index (χ1v) is 7.64. The summed E-state index contributed by atoms with van der Waals surface area (Å²) in [6.45, 7) is 1.81. The van der Waals surface area contributed by atoms with Gasteiger partial charge in [-0.2, -0.15) is 16.4 Å². The first kappa shape index (κ1) is 14.9. The van der Waals surface area contributed by atoms with E-state index in [-0.39, 0.29) is 11.6 Å². The van der Waals surface area contributed by atoms with Crippen LogP contribution in [0.1, 0.15) is 16.1 Å². The zero-order valence-corrected chi connectivity index (χ0v) is 12.9. The summed E-state index contributed by atoms with van der Waals surface area (Å²) in [5, 5.41) is 21.4. The number of nitrogens with zero attached hydrogens (tertiary/aromatic N) is 3. The smallest absolute Gasteiger partial charge is 0.269 e. The second kappa shape index (κ2) is 6.01. The van der Waals surface area contributed by atoms with E-state index in [1.807, 2.05) is 12.3 Å². The molecule has 0 aliphatic rings. The minimum atomic E-state index is -0.461. The molecule has 3 aromatic rings. The maximum atomic E-state index is 12.2. The number of benzene rings is 1. The number of thiophene rings is 1. The molecular formula is C15H12N4O3S. The second-order valence-corrected chi connectivity index (χ2v) is 5.60. The molecule has 3 rings (SSSR count). The van der Waals surface area contributed by atoms with Crippen molar-refractivity contribution >= 4 is 28.7 Å². The molecule has 8 heteroatoms. The summed E-state index contributed by atoms with van der Waals surface area (Å²) >= 11 is 1.44. The van der Waals surface area contributed by atoms with Crippen LogP contribution in [0.2, 0.25) is 0 Å². The van der Waals surface area contributed by atoms with Crippen molar-refractivity contribution in [2.75, 3.05) is 5.32 Å². The third kappa shape index (κ3) is 3.11. The summed E-state index contributed by atoms with van der Waals surface area (Å²) in [6, 6.07) is 9.45. The Morgan fingerprint density at radius 2 is 2.04 bits per heavy atom. The van der Waals surface area contributed by atoms with Crippen LogP contribution in [-0.2, 0) is 0 Å². The molecule has 1 amide bonds. The Bertz CT molecular complexity index is 853. The molecule has 2 heterocycles. The van der Waals surface area contributed by atoms with Gasteiger partial charge in [0.25, 0.3) is 11.6 Å². The normalized spacial score (nSPS) is 10.5. The predicted molar refractivity (Wildman–Crippen MR) is 87.2 cm³/mol. The maximum absolute atomic E-state index is 12.2. The molecule has 116 valence electrons. The van der Waals surface area contributed by atoms with Crippen LogP contribution in [0.3, 0.4) is 0 Å². The minimum absolute atomic E-state index is 0.00138. The topological polar surface area (TPSA) is 90.1 Å². The SMILES string of the molecule is Cc1cc(NC(=O)c2ccsc2)n(-c2ccc([N+](=O)[O-])cc2)n1. The molecule has 0 aliphatic carbocycles. The Balaban J connectivity index is 1.91. The van der Waals surface area contributed by atoms with Gasteiger partial charge in [0.1, 0.15) is 5.82 Å². The number of nitrogens with one attached hydrogen (secondary N) is 1. The van der Waals surface area contributed by atoms with Crippen LogP contribution in [0.15, 0.2) is 47.2 Å². The van der Waals surface area contributed by atoms with Crippen molar-refractivity contribution in [1.82, 2.24) is 9.78 Å². The molecule has 0 spiro atoms. The van der Waals surface area contributed by atoms with Gasteiger partial charge in [-0.15, -0.1) is 0 Å². The number of carbonyl (C=O) groups is 1. The van der Waals surface area contributed by atoms with Gasteiger partial charge in [0.2, 0.25) is 0 Å². The van der Waals surface area contributed by atoms with Crippen molar-refractivity contribution in [3.05, 3.63) is 68.5 Å². The van der Waals surface area contributed by atoms with Gasteiger partial charge < -0.3 is 5.32 Å². The summed E-state index contributed by atoms with van der Waals surface area (Å²) < 4.78 is 1.54. The van der Waals surface area contributed by atoms with E-state index in [1.165, 1.54) is 23.5 Å². The van der Waals surface area contributed by atoms with Crippen molar-refractivity contribution in [2.45, 2.75) is 6.92 Å². The highest BCUT2D eigenvalue weighted by molar-refractivity contribution is 7.08. The highest BCUT2D eigenvalue weighted by Crippen LogP contribution is 2.21. The first-order chi connectivity index (χ1) is 11.0. The summed E-state index contributed by atoms with van der Waals surface area (Å²) in [4.78, 5) is 22.4. The summed E-state index contributed by atoms with van der Waals surface area (Å²) in [7, 11) is 0. The fourth-order valence-corrected chi connectivity index (χ4v) is 2.72. The van der Waals surface area contributed by atoms with E-state index in [9.17, 15) is 14.9 Å². The van der Waals surface area contributed by atoms with Crippen LogP contribution in [-0.4, -0.2) is 20.6 Å². The van der Waals surface area contributed by atoms with Crippen molar-refractivity contribution in [3.63, 3.8) is 0 Å². The van der Waals surface area contributed by atoms with E-state index in [0.29, 0.717) is 17.1 Å². The van der Waals surface area contributed by atoms with Gasteiger partial charge in [0.15, 0.2) is 0 Å². The molecule has 0 atom stereocenters. The summed E-state index contributed by atoms with van der Waals surface area (Å²) in [5.74, 6) is 0.280. The number of carbonyl (C=O) groups excluding carboxylic acids is 1. The van der Waals surface area contributed by atoms with E-state index in [2.05, 4.69) is 10.4 Å². The fraction of sp³-hybridized carbons (Fsp3) is 0.0667. The van der Waals surface area contributed by atoms with E-state index >= 15 is 0 Å². The van der Waals surface area contributed by atoms with Gasteiger partial charge >= 0.3 is 0 Å². The van der Waals surface area contributed by atoms with E-state index in [0.717, 1.165) is 5.69 Å². The number of aryl methyl sites for hydroxylation is 1. The lowest BCUT2D eigenvalue weighted by Crippen LogP contribution is -2.14. The minimum Gasteiger partial charge on any atom is -0.306 e. The Hall–Kier alpha value is -3.00.